The summed E-state index contributed by atoms with van der Waals surface area (Å²) in [5, 5.41) is 0.679. The lowest BCUT2D eigenvalue weighted by atomic mass is 9.96. The van der Waals surface area contributed by atoms with E-state index < -0.39 is 10.0 Å². The van der Waals surface area contributed by atoms with E-state index in [1.165, 1.54) is 6.42 Å². The van der Waals surface area contributed by atoms with E-state index in [4.69, 9.17) is 0 Å². The number of sulfonamides is 1. The zero-order valence-electron chi connectivity index (χ0n) is 11.2. The van der Waals surface area contributed by atoms with Crippen LogP contribution < -0.4 is 4.72 Å². The van der Waals surface area contributed by atoms with E-state index in [-0.39, 0.29) is 6.04 Å². The molecule has 1 fully saturated rings. The molecule has 3 rings (SSSR count). The van der Waals surface area contributed by atoms with Crippen molar-refractivity contribution in [2.45, 2.75) is 43.0 Å². The van der Waals surface area contributed by atoms with E-state index in [0.717, 1.165) is 25.7 Å². The van der Waals surface area contributed by atoms with Crippen molar-refractivity contribution < 1.29 is 8.42 Å². The summed E-state index contributed by atoms with van der Waals surface area (Å²) in [6.45, 7) is 0. The smallest absolute Gasteiger partial charge is 0.241 e. The first-order valence-electron chi connectivity index (χ1n) is 7.03. The third-order valence-corrected chi connectivity index (χ3v) is 5.40. The van der Waals surface area contributed by atoms with Gasteiger partial charge in [0.25, 0.3) is 0 Å². The van der Waals surface area contributed by atoms with Crippen LogP contribution in [-0.4, -0.2) is 19.4 Å². The molecule has 2 aromatic rings. The molecule has 1 N–H and O–H groups in total. The van der Waals surface area contributed by atoms with Crippen LogP contribution in [0.15, 0.2) is 41.4 Å². The van der Waals surface area contributed by atoms with Crippen LogP contribution in [0.2, 0.25) is 0 Å². The van der Waals surface area contributed by atoms with E-state index in [2.05, 4.69) is 9.71 Å². The molecule has 5 heteroatoms. The fourth-order valence-corrected chi connectivity index (χ4v) is 4.33. The normalized spacial score (nSPS) is 17.4. The van der Waals surface area contributed by atoms with Gasteiger partial charge in [0.05, 0.1) is 10.4 Å². The van der Waals surface area contributed by atoms with Crippen molar-refractivity contribution in [1.82, 2.24) is 9.71 Å². The topological polar surface area (TPSA) is 59.1 Å². The Bertz CT molecular complexity index is 701. The number of benzene rings is 1. The van der Waals surface area contributed by atoms with Crippen LogP contribution in [0.1, 0.15) is 32.1 Å². The van der Waals surface area contributed by atoms with Gasteiger partial charge in [-0.1, -0.05) is 25.3 Å². The molecule has 20 heavy (non-hydrogen) atoms. The average Bonchev–Trinajstić information content (AvgIpc) is 2.47. The molecular weight excluding hydrogens is 272 g/mol. The SMILES string of the molecule is O=S(=O)(NC1CCCCC1)c1cccc2ncccc12. The van der Waals surface area contributed by atoms with E-state index in [0.29, 0.717) is 15.8 Å². The van der Waals surface area contributed by atoms with Crippen molar-refractivity contribution in [2.75, 3.05) is 0 Å². The summed E-state index contributed by atoms with van der Waals surface area (Å²) in [5.41, 5.74) is 0.707. The Morgan fingerprint density at radius 3 is 2.65 bits per heavy atom. The molecule has 0 atom stereocenters. The van der Waals surface area contributed by atoms with Crippen LogP contribution in [-0.2, 0) is 10.0 Å². The lowest BCUT2D eigenvalue weighted by Crippen LogP contribution is -2.36. The Balaban J connectivity index is 1.96. The molecule has 0 spiro atoms. The Morgan fingerprint density at radius 1 is 1.05 bits per heavy atom. The van der Waals surface area contributed by atoms with E-state index in [1.807, 2.05) is 6.07 Å². The van der Waals surface area contributed by atoms with Gasteiger partial charge in [-0.2, -0.15) is 0 Å². The Kier molecular flexibility index (Phi) is 3.72. The molecule has 0 amide bonds. The van der Waals surface area contributed by atoms with Gasteiger partial charge in [-0.05, 0) is 37.1 Å². The third kappa shape index (κ3) is 2.69. The average molecular weight is 290 g/mol. The number of aromatic nitrogens is 1. The van der Waals surface area contributed by atoms with Crippen LogP contribution in [0.5, 0.6) is 0 Å². The zero-order valence-corrected chi connectivity index (χ0v) is 12.1. The summed E-state index contributed by atoms with van der Waals surface area (Å²) < 4.78 is 28.0. The number of hydrogen-bond donors (Lipinski definition) is 1. The molecule has 0 unspecified atom stereocenters. The van der Waals surface area contributed by atoms with Gasteiger partial charge in [-0.3, -0.25) is 4.98 Å². The van der Waals surface area contributed by atoms with Gasteiger partial charge in [0.2, 0.25) is 10.0 Å². The Labute approximate surface area is 119 Å². The lowest BCUT2D eigenvalue weighted by molar-refractivity contribution is 0.412. The molecule has 1 heterocycles. The molecule has 0 radical (unpaired) electrons. The number of fused-ring (bicyclic) bond motifs is 1. The molecule has 1 aromatic carbocycles. The van der Waals surface area contributed by atoms with Crippen molar-refractivity contribution >= 4 is 20.9 Å². The third-order valence-electron chi connectivity index (χ3n) is 3.82. The summed E-state index contributed by atoms with van der Waals surface area (Å²) in [7, 11) is -3.48. The predicted molar refractivity (Wildman–Crippen MR) is 78.9 cm³/mol. The summed E-state index contributed by atoms with van der Waals surface area (Å²) in [6, 6.07) is 8.86. The van der Waals surface area contributed by atoms with Gasteiger partial charge in [0.15, 0.2) is 0 Å². The maximum absolute atomic E-state index is 12.6. The van der Waals surface area contributed by atoms with Crippen molar-refractivity contribution in [3.8, 4) is 0 Å². The highest BCUT2D eigenvalue weighted by molar-refractivity contribution is 7.89. The fourth-order valence-electron chi connectivity index (χ4n) is 2.81. The summed E-state index contributed by atoms with van der Waals surface area (Å²) in [4.78, 5) is 4.54. The van der Waals surface area contributed by atoms with Gasteiger partial charge in [-0.15, -0.1) is 0 Å². The van der Waals surface area contributed by atoms with Crippen molar-refractivity contribution in [2.24, 2.45) is 0 Å². The molecule has 106 valence electrons. The minimum atomic E-state index is -3.48. The van der Waals surface area contributed by atoms with Crippen molar-refractivity contribution in [3.63, 3.8) is 0 Å². The van der Waals surface area contributed by atoms with Crippen LogP contribution in [0.3, 0.4) is 0 Å². The first-order valence-corrected chi connectivity index (χ1v) is 8.51. The fraction of sp³-hybridized carbons (Fsp3) is 0.400. The van der Waals surface area contributed by atoms with Crippen molar-refractivity contribution in [1.29, 1.82) is 0 Å². The summed E-state index contributed by atoms with van der Waals surface area (Å²) in [6.07, 6.45) is 6.95. The number of rotatable bonds is 3. The molecular formula is C15H18N2O2S. The predicted octanol–water partition coefficient (Wildman–Crippen LogP) is 2.85. The van der Waals surface area contributed by atoms with Crippen LogP contribution in [0.4, 0.5) is 0 Å². The minimum Gasteiger partial charge on any atom is -0.256 e. The molecule has 1 aromatic heterocycles. The molecule has 0 bridgehead atoms. The monoisotopic (exact) mass is 290 g/mol. The maximum atomic E-state index is 12.6. The molecule has 4 nitrogen and oxygen atoms in total. The van der Waals surface area contributed by atoms with Gasteiger partial charge < -0.3 is 0 Å². The second-order valence-corrected chi connectivity index (χ2v) is 6.96. The van der Waals surface area contributed by atoms with Crippen LogP contribution >= 0.6 is 0 Å². The number of nitrogens with one attached hydrogen (secondary N) is 1. The quantitative estimate of drug-likeness (QED) is 0.945. The maximum Gasteiger partial charge on any atom is 0.241 e. The minimum absolute atomic E-state index is 0.0701. The first kappa shape index (κ1) is 13.5. The molecule has 1 saturated carbocycles. The summed E-state index contributed by atoms with van der Waals surface area (Å²) >= 11 is 0. The van der Waals surface area contributed by atoms with E-state index in [1.54, 1.807) is 30.5 Å². The van der Waals surface area contributed by atoms with Gasteiger partial charge in [-0.25, -0.2) is 13.1 Å². The Hall–Kier alpha value is -1.46. The number of hydrogen-bond acceptors (Lipinski definition) is 3. The summed E-state index contributed by atoms with van der Waals surface area (Å²) in [5.74, 6) is 0. The van der Waals surface area contributed by atoms with Crippen LogP contribution in [0.25, 0.3) is 10.9 Å². The second kappa shape index (κ2) is 5.50. The van der Waals surface area contributed by atoms with Gasteiger partial charge >= 0.3 is 0 Å². The molecule has 0 aliphatic heterocycles. The number of nitrogens with zero attached hydrogens (tertiary/aromatic N) is 1. The molecule has 0 saturated heterocycles. The standard InChI is InChI=1S/C15H18N2O2S/c18-20(19,17-12-6-2-1-3-7-12)15-10-4-9-14-13(15)8-5-11-16-14/h4-5,8-12,17H,1-3,6-7H2. The van der Waals surface area contributed by atoms with Gasteiger partial charge in [0.1, 0.15) is 0 Å². The Morgan fingerprint density at radius 2 is 1.85 bits per heavy atom. The highest BCUT2D eigenvalue weighted by Crippen LogP contribution is 2.24. The van der Waals surface area contributed by atoms with E-state index in [9.17, 15) is 8.42 Å². The highest BCUT2D eigenvalue weighted by atomic mass is 32.2. The molecule has 1 aliphatic rings. The van der Waals surface area contributed by atoms with E-state index >= 15 is 0 Å². The first-order chi connectivity index (χ1) is 9.67. The van der Waals surface area contributed by atoms with Crippen molar-refractivity contribution in [3.05, 3.63) is 36.5 Å². The highest BCUT2D eigenvalue weighted by Gasteiger charge is 2.23. The molecule has 1 aliphatic carbocycles. The second-order valence-electron chi connectivity index (χ2n) is 5.28. The number of pyridine rings is 1. The van der Waals surface area contributed by atoms with Gasteiger partial charge in [0, 0.05) is 17.6 Å². The zero-order chi connectivity index (χ0) is 14.0. The largest absolute Gasteiger partial charge is 0.256 e. The van der Waals surface area contributed by atoms with Crippen LogP contribution in [0, 0.1) is 0 Å². The lowest BCUT2D eigenvalue weighted by Gasteiger charge is -2.22.